The molecule has 9 heteroatoms. The third kappa shape index (κ3) is 2.23. The number of anilines is 2. The van der Waals surface area contributed by atoms with E-state index < -0.39 is 10.0 Å². The molecular weight excluding hydrogens is 244 g/mol. The lowest BCUT2D eigenvalue weighted by Gasteiger charge is -2.03. The van der Waals surface area contributed by atoms with Crippen molar-refractivity contribution in [2.45, 2.75) is 18.4 Å². The Hall–Kier alpha value is -2.03. The van der Waals surface area contributed by atoms with E-state index in [-0.39, 0.29) is 16.5 Å². The molecule has 0 amide bonds. The first kappa shape index (κ1) is 11.5. The summed E-state index contributed by atoms with van der Waals surface area (Å²) in [5, 5.41) is 10.0. The highest BCUT2D eigenvalue weighted by Crippen LogP contribution is 2.18. The van der Waals surface area contributed by atoms with Crippen LogP contribution in [0.25, 0.3) is 0 Å². The summed E-state index contributed by atoms with van der Waals surface area (Å²) in [5.74, 6) is 0.243. The van der Waals surface area contributed by atoms with Crippen LogP contribution in [-0.4, -0.2) is 28.4 Å². The fourth-order valence-electron chi connectivity index (χ4n) is 1.30. The van der Waals surface area contributed by atoms with Crippen LogP contribution in [0.5, 0.6) is 0 Å². The van der Waals surface area contributed by atoms with Gasteiger partial charge in [-0.15, -0.1) is 0 Å². The molecule has 2 heterocycles. The Morgan fingerprint density at radius 2 is 2.35 bits per heavy atom. The van der Waals surface area contributed by atoms with Crippen LogP contribution >= 0.6 is 0 Å². The van der Waals surface area contributed by atoms with Gasteiger partial charge < -0.3 is 5.73 Å². The van der Waals surface area contributed by atoms with Crippen molar-refractivity contribution in [3.63, 3.8) is 0 Å². The molecule has 8 nitrogen and oxygen atoms in total. The molecule has 0 spiro atoms. The van der Waals surface area contributed by atoms with Gasteiger partial charge in [-0.05, 0) is 6.92 Å². The predicted molar refractivity (Wildman–Crippen MR) is 61.7 cm³/mol. The minimum atomic E-state index is -3.73. The predicted octanol–water partition coefficient (Wildman–Crippen LogP) is 0.00910. The molecule has 4 N–H and O–H groups in total. The molecule has 0 aromatic carbocycles. The van der Waals surface area contributed by atoms with Gasteiger partial charge in [0.2, 0.25) is 0 Å². The zero-order chi connectivity index (χ0) is 12.5. The lowest BCUT2D eigenvalue weighted by Crippen LogP contribution is -2.14. The van der Waals surface area contributed by atoms with Crippen molar-refractivity contribution in [1.82, 2.24) is 20.0 Å². The van der Waals surface area contributed by atoms with Crippen molar-refractivity contribution in [3.8, 4) is 0 Å². The van der Waals surface area contributed by atoms with Gasteiger partial charge in [-0.25, -0.2) is 8.42 Å². The molecule has 0 aliphatic rings. The number of nitrogens with two attached hydrogens (primary N) is 1. The molecule has 0 aliphatic carbocycles. The van der Waals surface area contributed by atoms with Crippen LogP contribution in [0.2, 0.25) is 0 Å². The summed E-state index contributed by atoms with van der Waals surface area (Å²) in [5.41, 5.74) is 5.56. The van der Waals surface area contributed by atoms with Gasteiger partial charge in [-0.2, -0.15) is 10.2 Å². The lowest BCUT2D eigenvalue weighted by atomic mass is 10.6. The maximum absolute atomic E-state index is 12.0. The molecule has 17 heavy (non-hydrogen) atoms. The van der Waals surface area contributed by atoms with E-state index in [1.165, 1.54) is 23.1 Å². The van der Waals surface area contributed by atoms with E-state index in [1.54, 1.807) is 0 Å². The van der Waals surface area contributed by atoms with Crippen LogP contribution in [0.15, 0.2) is 23.4 Å². The van der Waals surface area contributed by atoms with Gasteiger partial charge in [0, 0.05) is 18.8 Å². The highest BCUT2D eigenvalue weighted by Gasteiger charge is 2.21. The van der Waals surface area contributed by atoms with Gasteiger partial charge in [0.25, 0.3) is 10.0 Å². The topological polar surface area (TPSA) is 119 Å². The summed E-state index contributed by atoms with van der Waals surface area (Å²) in [7, 11) is -3.73. The van der Waals surface area contributed by atoms with E-state index in [0.717, 1.165) is 0 Å². The molecule has 0 bridgehead atoms. The lowest BCUT2D eigenvalue weighted by molar-refractivity contribution is 0.600. The minimum Gasteiger partial charge on any atom is -0.381 e. The third-order valence-electron chi connectivity index (χ3n) is 2.11. The Bertz CT molecular complexity index is 600. The molecule has 0 aliphatic heterocycles. The van der Waals surface area contributed by atoms with E-state index in [0.29, 0.717) is 6.54 Å². The van der Waals surface area contributed by atoms with Gasteiger partial charge in [-0.3, -0.25) is 14.5 Å². The minimum absolute atomic E-state index is 0.0288. The SMILES string of the molecule is CCn1cc(S(=O)(=O)Nc2ccn[nH]2)c(N)n1. The number of nitrogens with zero attached hydrogens (tertiary/aromatic N) is 3. The van der Waals surface area contributed by atoms with Crippen molar-refractivity contribution in [2.24, 2.45) is 0 Å². The summed E-state index contributed by atoms with van der Waals surface area (Å²) < 4.78 is 27.7. The first-order valence-electron chi connectivity index (χ1n) is 4.88. The highest BCUT2D eigenvalue weighted by molar-refractivity contribution is 7.92. The maximum Gasteiger partial charge on any atom is 0.268 e. The molecule has 0 radical (unpaired) electrons. The van der Waals surface area contributed by atoms with Crippen LogP contribution in [0, 0.1) is 0 Å². The number of rotatable bonds is 4. The van der Waals surface area contributed by atoms with Gasteiger partial charge in [0.15, 0.2) is 5.82 Å². The number of hydrogen-bond acceptors (Lipinski definition) is 5. The van der Waals surface area contributed by atoms with Crippen LogP contribution in [-0.2, 0) is 16.6 Å². The molecule has 2 rings (SSSR count). The molecule has 2 aromatic heterocycles. The number of nitrogens with one attached hydrogen (secondary N) is 2. The number of nitrogen functional groups attached to an aromatic ring is 1. The van der Waals surface area contributed by atoms with Gasteiger partial charge in [0.05, 0.1) is 6.20 Å². The third-order valence-corrected chi connectivity index (χ3v) is 3.50. The summed E-state index contributed by atoms with van der Waals surface area (Å²) in [4.78, 5) is -0.0473. The van der Waals surface area contributed by atoms with Crippen LogP contribution < -0.4 is 10.5 Å². The molecule has 0 atom stereocenters. The number of H-pyrrole nitrogens is 1. The number of aromatic nitrogens is 4. The Morgan fingerprint density at radius 3 is 2.88 bits per heavy atom. The Balaban J connectivity index is 2.34. The molecule has 0 saturated heterocycles. The Morgan fingerprint density at radius 1 is 1.59 bits per heavy atom. The first-order chi connectivity index (χ1) is 8.03. The first-order valence-corrected chi connectivity index (χ1v) is 6.36. The molecular formula is C8H12N6O2S. The molecule has 0 fully saturated rings. The van der Waals surface area contributed by atoms with Crippen LogP contribution in [0.1, 0.15) is 6.92 Å². The van der Waals surface area contributed by atoms with Gasteiger partial charge >= 0.3 is 0 Å². The summed E-state index contributed by atoms with van der Waals surface area (Å²) >= 11 is 0. The fourth-order valence-corrected chi connectivity index (χ4v) is 2.39. The van der Waals surface area contributed by atoms with Gasteiger partial charge in [0.1, 0.15) is 10.7 Å². The monoisotopic (exact) mass is 256 g/mol. The van der Waals surface area contributed by atoms with E-state index in [1.807, 2.05) is 6.92 Å². The van der Waals surface area contributed by atoms with E-state index >= 15 is 0 Å². The zero-order valence-electron chi connectivity index (χ0n) is 9.08. The van der Waals surface area contributed by atoms with E-state index in [4.69, 9.17) is 5.73 Å². The van der Waals surface area contributed by atoms with Crippen molar-refractivity contribution in [3.05, 3.63) is 18.5 Å². The van der Waals surface area contributed by atoms with Crippen molar-refractivity contribution in [2.75, 3.05) is 10.5 Å². The van der Waals surface area contributed by atoms with Gasteiger partial charge in [-0.1, -0.05) is 0 Å². The van der Waals surface area contributed by atoms with Crippen LogP contribution in [0.4, 0.5) is 11.6 Å². The summed E-state index contributed by atoms with van der Waals surface area (Å²) in [6.07, 6.45) is 2.82. The van der Waals surface area contributed by atoms with Crippen LogP contribution in [0.3, 0.4) is 0 Å². The number of aryl methyl sites for hydroxylation is 1. The van der Waals surface area contributed by atoms with Crippen molar-refractivity contribution in [1.29, 1.82) is 0 Å². The molecule has 2 aromatic rings. The smallest absolute Gasteiger partial charge is 0.268 e. The van der Waals surface area contributed by atoms with E-state index in [9.17, 15) is 8.42 Å². The number of sulfonamides is 1. The second-order valence-electron chi connectivity index (χ2n) is 3.31. The Kier molecular flexibility index (Phi) is 2.76. The standard InChI is InChI=1S/C8H12N6O2S/c1-2-14-5-6(8(9)12-14)17(15,16)13-7-3-4-10-11-7/h3-5H,2H2,1H3,(H2,9,12)(H2,10,11,13). The number of hydrogen-bond donors (Lipinski definition) is 3. The summed E-state index contributed by atoms with van der Waals surface area (Å²) in [6, 6.07) is 1.50. The maximum atomic E-state index is 12.0. The van der Waals surface area contributed by atoms with Crippen molar-refractivity contribution >= 4 is 21.7 Å². The highest BCUT2D eigenvalue weighted by atomic mass is 32.2. The zero-order valence-corrected chi connectivity index (χ0v) is 9.90. The molecule has 92 valence electrons. The summed E-state index contributed by atoms with van der Waals surface area (Å²) in [6.45, 7) is 2.38. The molecule has 0 unspecified atom stereocenters. The largest absolute Gasteiger partial charge is 0.381 e. The fraction of sp³-hybridized carbons (Fsp3) is 0.250. The average molecular weight is 256 g/mol. The molecule has 0 saturated carbocycles. The van der Waals surface area contributed by atoms with E-state index in [2.05, 4.69) is 20.0 Å². The quantitative estimate of drug-likeness (QED) is 0.712. The second kappa shape index (κ2) is 4.09. The normalized spacial score (nSPS) is 11.6. The van der Waals surface area contributed by atoms with Crippen molar-refractivity contribution < 1.29 is 8.42 Å². The second-order valence-corrected chi connectivity index (χ2v) is 4.96. The average Bonchev–Trinajstić information content (AvgIpc) is 2.86. The Labute approximate surface area is 97.9 Å². The number of aromatic amines is 1.